The van der Waals surface area contributed by atoms with Crippen molar-refractivity contribution in [1.29, 1.82) is 0 Å². The molecule has 0 aromatic rings. The Bertz CT molecular complexity index is 225. The minimum atomic E-state index is -0.341. The van der Waals surface area contributed by atoms with Gasteiger partial charge in [-0.25, -0.2) is 0 Å². The van der Waals surface area contributed by atoms with E-state index in [1.807, 2.05) is 6.92 Å². The summed E-state index contributed by atoms with van der Waals surface area (Å²) in [6.07, 6.45) is 4.13. The van der Waals surface area contributed by atoms with Gasteiger partial charge in [0, 0.05) is 19.1 Å². The second-order valence-corrected chi connectivity index (χ2v) is 4.93. The number of piperidine rings is 1. The Balaban J connectivity index is 2.19. The van der Waals surface area contributed by atoms with Crippen molar-refractivity contribution in [3.8, 4) is 0 Å². The van der Waals surface area contributed by atoms with E-state index < -0.39 is 0 Å². The minimum absolute atomic E-state index is 0.0112. The summed E-state index contributed by atoms with van der Waals surface area (Å²) in [7, 11) is 0. The predicted octanol–water partition coefficient (Wildman–Crippen LogP) is 1.45. The van der Waals surface area contributed by atoms with Gasteiger partial charge < -0.3 is 15.4 Å². The third-order valence-electron chi connectivity index (χ3n) is 3.21. The van der Waals surface area contributed by atoms with Crippen LogP contribution in [-0.4, -0.2) is 37.2 Å². The molecule has 1 aliphatic heterocycles. The molecular weight excluding hydrogens is 216 g/mol. The van der Waals surface area contributed by atoms with Gasteiger partial charge in [-0.1, -0.05) is 13.3 Å². The first-order valence-corrected chi connectivity index (χ1v) is 6.80. The molecule has 3 unspecified atom stereocenters. The molecule has 1 amide bonds. The number of hydrogen-bond acceptors (Lipinski definition) is 3. The summed E-state index contributed by atoms with van der Waals surface area (Å²) >= 11 is 0. The Morgan fingerprint density at radius 3 is 2.88 bits per heavy atom. The number of amides is 1. The fraction of sp³-hybridized carbons (Fsp3) is 0.923. The summed E-state index contributed by atoms with van der Waals surface area (Å²) in [5, 5.41) is 6.27. The van der Waals surface area contributed by atoms with Crippen LogP contribution in [0.15, 0.2) is 0 Å². The van der Waals surface area contributed by atoms with Crippen LogP contribution in [0.4, 0.5) is 0 Å². The molecule has 100 valence electrons. The van der Waals surface area contributed by atoms with E-state index in [-0.39, 0.29) is 18.1 Å². The van der Waals surface area contributed by atoms with Crippen LogP contribution in [-0.2, 0) is 9.53 Å². The Hall–Kier alpha value is -0.610. The molecule has 0 aromatic heterocycles. The SMILES string of the molecule is CCCCNC(=O)C(C)OC1CCC(C)NC1. The van der Waals surface area contributed by atoms with E-state index in [0.29, 0.717) is 6.04 Å². The van der Waals surface area contributed by atoms with E-state index >= 15 is 0 Å². The van der Waals surface area contributed by atoms with E-state index in [1.54, 1.807) is 0 Å². The van der Waals surface area contributed by atoms with Gasteiger partial charge in [-0.05, 0) is 33.1 Å². The maximum Gasteiger partial charge on any atom is 0.248 e. The highest BCUT2D eigenvalue weighted by molar-refractivity contribution is 5.80. The first-order chi connectivity index (χ1) is 8.13. The Labute approximate surface area is 104 Å². The van der Waals surface area contributed by atoms with Crippen molar-refractivity contribution in [1.82, 2.24) is 10.6 Å². The molecule has 1 saturated heterocycles. The van der Waals surface area contributed by atoms with Gasteiger partial charge in [0.25, 0.3) is 0 Å². The van der Waals surface area contributed by atoms with Crippen LogP contribution in [0, 0.1) is 0 Å². The average Bonchev–Trinajstić information content (AvgIpc) is 2.32. The van der Waals surface area contributed by atoms with Gasteiger partial charge >= 0.3 is 0 Å². The Morgan fingerprint density at radius 1 is 1.53 bits per heavy atom. The lowest BCUT2D eigenvalue weighted by Gasteiger charge is -2.29. The zero-order valence-electron chi connectivity index (χ0n) is 11.3. The van der Waals surface area contributed by atoms with Crippen LogP contribution in [0.3, 0.4) is 0 Å². The van der Waals surface area contributed by atoms with Gasteiger partial charge in [0.2, 0.25) is 5.91 Å². The lowest BCUT2D eigenvalue weighted by Crippen LogP contribution is -2.45. The van der Waals surface area contributed by atoms with Gasteiger partial charge in [0.15, 0.2) is 0 Å². The van der Waals surface area contributed by atoms with E-state index in [0.717, 1.165) is 38.8 Å². The molecule has 4 heteroatoms. The van der Waals surface area contributed by atoms with Gasteiger partial charge in [-0.2, -0.15) is 0 Å². The molecule has 17 heavy (non-hydrogen) atoms. The van der Waals surface area contributed by atoms with E-state index in [4.69, 9.17) is 4.74 Å². The zero-order valence-corrected chi connectivity index (χ0v) is 11.3. The third-order valence-corrected chi connectivity index (χ3v) is 3.21. The Morgan fingerprint density at radius 2 is 2.29 bits per heavy atom. The number of carbonyl (C=O) groups excluding carboxylic acids is 1. The number of ether oxygens (including phenoxy) is 1. The molecule has 1 heterocycles. The van der Waals surface area contributed by atoms with Crippen LogP contribution in [0.1, 0.15) is 46.5 Å². The molecule has 0 bridgehead atoms. The molecule has 1 fully saturated rings. The van der Waals surface area contributed by atoms with Gasteiger partial charge in [-0.15, -0.1) is 0 Å². The maximum absolute atomic E-state index is 11.7. The van der Waals surface area contributed by atoms with E-state index in [2.05, 4.69) is 24.5 Å². The maximum atomic E-state index is 11.7. The second kappa shape index (κ2) is 7.67. The van der Waals surface area contributed by atoms with Gasteiger partial charge in [0.05, 0.1) is 6.10 Å². The smallest absolute Gasteiger partial charge is 0.248 e. The standard InChI is InChI=1S/C13H26N2O2/c1-4-5-8-14-13(16)11(3)17-12-7-6-10(2)15-9-12/h10-12,15H,4-9H2,1-3H3,(H,14,16). The molecule has 0 saturated carbocycles. The highest BCUT2D eigenvalue weighted by Crippen LogP contribution is 2.12. The highest BCUT2D eigenvalue weighted by atomic mass is 16.5. The van der Waals surface area contributed by atoms with Crippen LogP contribution >= 0.6 is 0 Å². The molecule has 1 aliphatic rings. The summed E-state index contributed by atoms with van der Waals surface area (Å²) in [5.74, 6) is 0.0112. The number of unbranched alkanes of at least 4 members (excludes halogenated alkanes) is 1. The van der Waals surface area contributed by atoms with Crippen LogP contribution in [0.2, 0.25) is 0 Å². The van der Waals surface area contributed by atoms with Crippen molar-refractivity contribution in [3.63, 3.8) is 0 Å². The first-order valence-electron chi connectivity index (χ1n) is 6.80. The Kier molecular flexibility index (Phi) is 6.52. The molecule has 2 N–H and O–H groups in total. The zero-order chi connectivity index (χ0) is 12.7. The number of rotatable bonds is 6. The van der Waals surface area contributed by atoms with Gasteiger partial charge in [-0.3, -0.25) is 4.79 Å². The number of nitrogens with one attached hydrogen (secondary N) is 2. The molecule has 4 nitrogen and oxygen atoms in total. The third kappa shape index (κ3) is 5.50. The van der Waals surface area contributed by atoms with E-state index in [1.165, 1.54) is 0 Å². The van der Waals surface area contributed by atoms with Crippen LogP contribution in [0.25, 0.3) is 0 Å². The fourth-order valence-corrected chi connectivity index (χ4v) is 1.97. The summed E-state index contributed by atoms with van der Waals surface area (Å²) in [4.78, 5) is 11.7. The molecule has 0 aromatic carbocycles. The summed E-state index contributed by atoms with van der Waals surface area (Å²) in [5.41, 5.74) is 0. The molecule has 0 radical (unpaired) electrons. The summed E-state index contributed by atoms with van der Waals surface area (Å²) < 4.78 is 5.76. The first kappa shape index (κ1) is 14.5. The van der Waals surface area contributed by atoms with Crippen molar-refractivity contribution >= 4 is 5.91 Å². The predicted molar refractivity (Wildman–Crippen MR) is 69.0 cm³/mol. The quantitative estimate of drug-likeness (QED) is 0.693. The van der Waals surface area contributed by atoms with Crippen molar-refractivity contribution in [2.24, 2.45) is 0 Å². The lowest BCUT2D eigenvalue weighted by molar-refractivity contribution is -0.136. The van der Waals surface area contributed by atoms with Crippen LogP contribution < -0.4 is 10.6 Å². The lowest BCUT2D eigenvalue weighted by atomic mass is 10.0. The largest absolute Gasteiger partial charge is 0.364 e. The molecule has 0 spiro atoms. The highest BCUT2D eigenvalue weighted by Gasteiger charge is 2.22. The minimum Gasteiger partial charge on any atom is -0.364 e. The number of carbonyl (C=O) groups is 1. The van der Waals surface area contributed by atoms with E-state index in [9.17, 15) is 4.79 Å². The average molecular weight is 242 g/mol. The molecular formula is C13H26N2O2. The van der Waals surface area contributed by atoms with Crippen molar-refractivity contribution in [2.75, 3.05) is 13.1 Å². The summed E-state index contributed by atoms with van der Waals surface area (Å²) in [6.45, 7) is 7.73. The fourth-order valence-electron chi connectivity index (χ4n) is 1.97. The van der Waals surface area contributed by atoms with Crippen molar-refractivity contribution in [3.05, 3.63) is 0 Å². The van der Waals surface area contributed by atoms with Crippen molar-refractivity contribution in [2.45, 2.75) is 64.7 Å². The second-order valence-electron chi connectivity index (χ2n) is 4.93. The summed E-state index contributed by atoms with van der Waals surface area (Å²) in [6, 6.07) is 0.573. The normalized spacial score (nSPS) is 26.5. The van der Waals surface area contributed by atoms with Crippen LogP contribution in [0.5, 0.6) is 0 Å². The molecule has 1 rings (SSSR count). The van der Waals surface area contributed by atoms with Crippen molar-refractivity contribution < 1.29 is 9.53 Å². The number of hydrogen-bond donors (Lipinski definition) is 2. The topological polar surface area (TPSA) is 50.4 Å². The van der Waals surface area contributed by atoms with Gasteiger partial charge in [0.1, 0.15) is 6.10 Å². The molecule has 3 atom stereocenters. The molecule has 0 aliphatic carbocycles. The monoisotopic (exact) mass is 242 g/mol.